The fourth-order valence-corrected chi connectivity index (χ4v) is 3.64. The molecule has 1 aromatic carbocycles. The molecule has 0 aromatic heterocycles. The molecule has 0 bridgehead atoms. The summed E-state index contributed by atoms with van der Waals surface area (Å²) in [4.78, 5) is 11.0. The van der Waals surface area contributed by atoms with E-state index in [0.29, 0.717) is 5.56 Å². The van der Waals surface area contributed by atoms with Crippen LogP contribution in [-0.4, -0.2) is 33.9 Å². The van der Waals surface area contributed by atoms with Crippen molar-refractivity contribution in [3.05, 3.63) is 23.8 Å². The van der Waals surface area contributed by atoms with Gasteiger partial charge >= 0.3 is 95.9 Å². The molecule has 0 saturated carbocycles. The number of aromatic carboxylic acids is 1. The molecule has 0 aliphatic heterocycles. The SMILES string of the molecule is CCC[AsH]c1cc(OC)ccc1C(=O)O. The molecule has 0 amide bonds. The van der Waals surface area contributed by atoms with Crippen molar-refractivity contribution in [2.45, 2.75) is 18.6 Å². The first-order valence-corrected chi connectivity index (χ1v) is 7.37. The van der Waals surface area contributed by atoms with Gasteiger partial charge in [-0.1, -0.05) is 0 Å². The van der Waals surface area contributed by atoms with Gasteiger partial charge in [-0.3, -0.25) is 0 Å². The Labute approximate surface area is 96.1 Å². The molecular formula is C11H15AsO3. The first kappa shape index (κ1) is 12.1. The summed E-state index contributed by atoms with van der Waals surface area (Å²) in [6, 6.07) is 5.19. The molecule has 1 aromatic rings. The average Bonchev–Trinajstić information content (AvgIpc) is 2.25. The van der Waals surface area contributed by atoms with E-state index in [1.807, 2.05) is 6.07 Å². The van der Waals surface area contributed by atoms with Crippen LogP contribution in [0.5, 0.6) is 5.75 Å². The fourth-order valence-electron chi connectivity index (χ4n) is 1.24. The summed E-state index contributed by atoms with van der Waals surface area (Å²) in [5.74, 6) is -0.0950. The quantitative estimate of drug-likeness (QED) is 0.820. The number of methoxy groups -OCH3 is 1. The molecular weight excluding hydrogens is 255 g/mol. The first-order chi connectivity index (χ1) is 7.19. The number of carboxylic acid groups (broad SMARTS) is 1. The molecule has 0 fully saturated rings. The van der Waals surface area contributed by atoms with Gasteiger partial charge in [-0.2, -0.15) is 0 Å². The summed E-state index contributed by atoms with van der Waals surface area (Å²) < 4.78 is 6.07. The van der Waals surface area contributed by atoms with Crippen molar-refractivity contribution >= 4 is 26.1 Å². The van der Waals surface area contributed by atoms with Gasteiger partial charge in [0.05, 0.1) is 0 Å². The van der Waals surface area contributed by atoms with Crippen molar-refractivity contribution in [2.75, 3.05) is 7.11 Å². The van der Waals surface area contributed by atoms with Gasteiger partial charge in [-0.15, -0.1) is 0 Å². The van der Waals surface area contributed by atoms with Crippen molar-refractivity contribution in [1.82, 2.24) is 0 Å². The normalized spacial score (nSPS) is 10.8. The van der Waals surface area contributed by atoms with E-state index in [2.05, 4.69) is 6.92 Å². The van der Waals surface area contributed by atoms with E-state index in [4.69, 9.17) is 9.84 Å². The van der Waals surface area contributed by atoms with Crippen LogP contribution in [0.15, 0.2) is 18.2 Å². The minimum atomic E-state index is -0.840. The maximum absolute atomic E-state index is 11.0. The Morgan fingerprint density at radius 2 is 2.27 bits per heavy atom. The van der Waals surface area contributed by atoms with E-state index in [0.717, 1.165) is 21.7 Å². The zero-order valence-corrected chi connectivity index (χ0v) is 11.0. The van der Waals surface area contributed by atoms with Gasteiger partial charge < -0.3 is 0 Å². The van der Waals surface area contributed by atoms with Crippen LogP contribution in [0.4, 0.5) is 0 Å². The van der Waals surface area contributed by atoms with Gasteiger partial charge in [-0.05, 0) is 0 Å². The second-order valence-electron chi connectivity index (χ2n) is 3.14. The van der Waals surface area contributed by atoms with Gasteiger partial charge in [0, 0.05) is 0 Å². The predicted octanol–water partition coefficient (Wildman–Crippen LogP) is 1.28. The van der Waals surface area contributed by atoms with Crippen LogP contribution < -0.4 is 9.09 Å². The van der Waals surface area contributed by atoms with E-state index in [1.54, 1.807) is 19.2 Å². The van der Waals surface area contributed by atoms with Gasteiger partial charge in [-0.25, -0.2) is 0 Å². The van der Waals surface area contributed by atoms with Crippen molar-refractivity contribution in [2.24, 2.45) is 0 Å². The number of hydrogen-bond acceptors (Lipinski definition) is 2. The van der Waals surface area contributed by atoms with Gasteiger partial charge in [0.1, 0.15) is 0 Å². The summed E-state index contributed by atoms with van der Waals surface area (Å²) in [6.07, 6.45) is 1.11. The Bertz CT molecular complexity index is 350. The summed E-state index contributed by atoms with van der Waals surface area (Å²) in [7, 11) is 1.60. The number of rotatable bonds is 5. The van der Waals surface area contributed by atoms with E-state index in [9.17, 15) is 4.79 Å². The average molecular weight is 270 g/mol. The van der Waals surface area contributed by atoms with Crippen LogP contribution in [0, 0.1) is 0 Å². The molecule has 4 heteroatoms. The van der Waals surface area contributed by atoms with Crippen molar-refractivity contribution in [3.8, 4) is 5.75 Å². The van der Waals surface area contributed by atoms with E-state index >= 15 is 0 Å². The number of benzene rings is 1. The topological polar surface area (TPSA) is 46.5 Å². The predicted molar refractivity (Wildman–Crippen MR) is 61.8 cm³/mol. The van der Waals surface area contributed by atoms with E-state index in [1.165, 1.54) is 0 Å². The molecule has 0 saturated heterocycles. The van der Waals surface area contributed by atoms with Crippen LogP contribution in [-0.2, 0) is 0 Å². The zero-order valence-electron chi connectivity index (χ0n) is 8.91. The minimum absolute atomic E-state index is 0.349. The third kappa shape index (κ3) is 3.28. The van der Waals surface area contributed by atoms with Crippen LogP contribution in [0.2, 0.25) is 5.21 Å². The molecule has 82 valence electrons. The standard InChI is InChI=1S/C11H15AsO3/c1-3-6-12-10-7-8(15-2)4-5-9(10)11(13)14/h4-5,7,12H,3,6H2,1-2H3,(H,13,14). The first-order valence-electron chi connectivity index (χ1n) is 4.84. The molecule has 0 spiro atoms. The molecule has 1 atom stereocenters. The Morgan fingerprint density at radius 3 is 2.80 bits per heavy atom. The van der Waals surface area contributed by atoms with Gasteiger partial charge in [0.25, 0.3) is 0 Å². The maximum atomic E-state index is 11.0. The Balaban J connectivity index is 2.99. The molecule has 1 rings (SSSR count). The van der Waals surface area contributed by atoms with E-state index < -0.39 is 5.97 Å². The third-order valence-electron chi connectivity index (χ3n) is 2.02. The number of ether oxygens (including phenoxy) is 1. The molecule has 0 aliphatic rings. The molecule has 0 heterocycles. The fraction of sp³-hybridized carbons (Fsp3) is 0.364. The van der Waals surface area contributed by atoms with Crippen LogP contribution in [0.25, 0.3) is 0 Å². The van der Waals surface area contributed by atoms with Crippen LogP contribution in [0.3, 0.4) is 0 Å². The van der Waals surface area contributed by atoms with Crippen LogP contribution >= 0.6 is 0 Å². The van der Waals surface area contributed by atoms with Gasteiger partial charge in [0.2, 0.25) is 0 Å². The monoisotopic (exact) mass is 270 g/mol. The molecule has 0 radical (unpaired) electrons. The molecule has 3 nitrogen and oxygen atoms in total. The Hall–Kier alpha value is -0.952. The van der Waals surface area contributed by atoms with Crippen LogP contribution in [0.1, 0.15) is 23.7 Å². The third-order valence-corrected chi connectivity index (χ3v) is 5.26. The second-order valence-corrected chi connectivity index (χ2v) is 6.06. The number of hydrogen-bond donors (Lipinski definition) is 1. The van der Waals surface area contributed by atoms with Crippen molar-refractivity contribution in [1.29, 1.82) is 0 Å². The summed E-state index contributed by atoms with van der Waals surface area (Å²) in [5.41, 5.74) is 0.434. The van der Waals surface area contributed by atoms with E-state index in [-0.39, 0.29) is 15.8 Å². The summed E-state index contributed by atoms with van der Waals surface area (Å²) in [5, 5.41) is 10.1. The molecule has 1 unspecified atom stereocenters. The van der Waals surface area contributed by atoms with Crippen molar-refractivity contribution in [3.63, 3.8) is 0 Å². The summed E-state index contributed by atoms with van der Waals surface area (Å²) in [6.45, 7) is 2.12. The molecule has 1 N–H and O–H groups in total. The Kier molecular flexibility index (Phi) is 4.70. The summed E-state index contributed by atoms with van der Waals surface area (Å²) >= 11 is -0.349. The molecule has 15 heavy (non-hydrogen) atoms. The second kappa shape index (κ2) is 5.81. The number of carboxylic acids is 1. The zero-order chi connectivity index (χ0) is 11.3. The number of carbonyl (C=O) groups is 1. The van der Waals surface area contributed by atoms with Crippen molar-refractivity contribution < 1.29 is 14.6 Å². The Morgan fingerprint density at radius 1 is 1.53 bits per heavy atom. The van der Waals surface area contributed by atoms with Gasteiger partial charge in [0.15, 0.2) is 0 Å². The molecule has 0 aliphatic carbocycles.